The van der Waals surface area contributed by atoms with E-state index in [1.165, 1.54) is 11.2 Å². The number of carbonyl (C=O) groups excluding carboxylic acids is 2. The van der Waals surface area contributed by atoms with Crippen LogP contribution >= 0.6 is 0 Å². The Balaban J connectivity index is 1.66. The number of carbonyl (C=O) groups is 2. The summed E-state index contributed by atoms with van der Waals surface area (Å²) in [5, 5.41) is 0. The van der Waals surface area contributed by atoms with Crippen molar-refractivity contribution < 1.29 is 14.3 Å². The van der Waals surface area contributed by atoms with Crippen LogP contribution in [0.3, 0.4) is 0 Å². The molecule has 3 rings (SSSR count). The van der Waals surface area contributed by atoms with E-state index < -0.39 is 6.09 Å². The number of nitrogens with zero attached hydrogens (tertiary/aromatic N) is 3. The number of anilines is 1. The van der Waals surface area contributed by atoms with Crippen LogP contribution in [0.2, 0.25) is 0 Å². The number of hydrogen-bond donors (Lipinski definition) is 1. The van der Waals surface area contributed by atoms with Crippen LogP contribution in [0.1, 0.15) is 31.7 Å². The summed E-state index contributed by atoms with van der Waals surface area (Å²) < 4.78 is 5.44. The predicted octanol–water partition coefficient (Wildman–Crippen LogP) is 3.16. The molecule has 2 heterocycles. The molecule has 0 spiro atoms. The molecule has 0 radical (unpaired) electrons. The van der Waals surface area contributed by atoms with Crippen molar-refractivity contribution in [2.75, 3.05) is 18.1 Å². The second-order valence-electron chi connectivity index (χ2n) is 6.52. The van der Waals surface area contributed by atoms with Gasteiger partial charge in [0.05, 0.1) is 12.5 Å². The van der Waals surface area contributed by atoms with Crippen LogP contribution in [0.4, 0.5) is 10.6 Å². The van der Waals surface area contributed by atoms with Gasteiger partial charge in [0.25, 0.3) is 0 Å². The van der Waals surface area contributed by atoms with E-state index in [0.717, 1.165) is 18.4 Å². The van der Waals surface area contributed by atoms with Gasteiger partial charge in [-0.1, -0.05) is 43.7 Å². The summed E-state index contributed by atoms with van der Waals surface area (Å²) in [6, 6.07) is 9.49. The standard InChI is InChI=1S/C19H24N4O3/c1-2-6-16-9-18(24)22(11-16)14-23(17-10-20-13-21-17)19(25)26-12-15-7-4-3-5-8-15/h3-5,7-8,10,13,16H,2,6,9,11-12,14H2,1H3,(H,20,21). The molecule has 0 bridgehead atoms. The van der Waals surface area contributed by atoms with Crippen LogP contribution in [-0.2, 0) is 16.1 Å². The van der Waals surface area contributed by atoms with E-state index in [9.17, 15) is 9.59 Å². The van der Waals surface area contributed by atoms with Crippen molar-refractivity contribution >= 4 is 17.8 Å². The van der Waals surface area contributed by atoms with E-state index >= 15 is 0 Å². The molecule has 1 fully saturated rings. The number of aromatic amines is 1. The zero-order valence-corrected chi connectivity index (χ0v) is 14.9. The van der Waals surface area contributed by atoms with Crippen LogP contribution in [0, 0.1) is 5.92 Å². The first kappa shape index (κ1) is 18.0. The number of nitrogens with one attached hydrogen (secondary N) is 1. The number of amides is 2. The molecule has 0 saturated carbocycles. The van der Waals surface area contributed by atoms with Crippen LogP contribution in [-0.4, -0.2) is 40.1 Å². The molecule has 7 nitrogen and oxygen atoms in total. The smallest absolute Gasteiger partial charge is 0.417 e. The average molecular weight is 356 g/mol. The maximum absolute atomic E-state index is 12.6. The molecule has 1 aromatic carbocycles. The van der Waals surface area contributed by atoms with Crippen molar-refractivity contribution in [1.29, 1.82) is 0 Å². The van der Waals surface area contributed by atoms with Crippen LogP contribution < -0.4 is 4.90 Å². The lowest BCUT2D eigenvalue weighted by Crippen LogP contribution is -2.43. The van der Waals surface area contributed by atoms with Crippen molar-refractivity contribution in [3.8, 4) is 0 Å². The van der Waals surface area contributed by atoms with E-state index in [2.05, 4.69) is 16.9 Å². The molecule has 1 saturated heterocycles. The summed E-state index contributed by atoms with van der Waals surface area (Å²) in [4.78, 5) is 34.9. The Morgan fingerprint density at radius 2 is 2.19 bits per heavy atom. The van der Waals surface area contributed by atoms with E-state index in [0.29, 0.717) is 24.7 Å². The number of benzene rings is 1. The minimum atomic E-state index is -0.509. The second kappa shape index (κ2) is 8.51. The normalized spacial score (nSPS) is 16.7. The molecule has 1 aliphatic heterocycles. The summed E-state index contributed by atoms with van der Waals surface area (Å²) in [5.41, 5.74) is 0.908. The number of aromatic nitrogens is 2. The summed E-state index contributed by atoms with van der Waals surface area (Å²) >= 11 is 0. The third kappa shape index (κ3) is 4.41. The molecule has 2 aromatic rings. The van der Waals surface area contributed by atoms with Crippen LogP contribution in [0.5, 0.6) is 0 Å². The van der Waals surface area contributed by atoms with Gasteiger partial charge in [-0.25, -0.2) is 14.7 Å². The first-order chi connectivity index (χ1) is 12.7. The van der Waals surface area contributed by atoms with Gasteiger partial charge in [-0.05, 0) is 17.9 Å². The highest BCUT2D eigenvalue weighted by Crippen LogP contribution is 2.23. The van der Waals surface area contributed by atoms with Gasteiger partial charge < -0.3 is 14.6 Å². The third-order valence-corrected chi connectivity index (χ3v) is 4.50. The van der Waals surface area contributed by atoms with Gasteiger partial charge in [-0.2, -0.15) is 0 Å². The topological polar surface area (TPSA) is 78.5 Å². The first-order valence-corrected chi connectivity index (χ1v) is 8.91. The van der Waals surface area contributed by atoms with Gasteiger partial charge in [-0.3, -0.25) is 4.79 Å². The highest BCUT2D eigenvalue weighted by Gasteiger charge is 2.32. The average Bonchev–Trinajstić information content (AvgIpc) is 3.29. The highest BCUT2D eigenvalue weighted by molar-refractivity contribution is 5.87. The fourth-order valence-electron chi connectivity index (χ4n) is 3.19. The lowest BCUT2D eigenvalue weighted by atomic mass is 10.0. The van der Waals surface area contributed by atoms with Gasteiger partial charge in [-0.15, -0.1) is 0 Å². The summed E-state index contributed by atoms with van der Waals surface area (Å²) in [5.74, 6) is 0.940. The SMILES string of the molecule is CCCC1CC(=O)N(CN(C(=O)OCc2ccccc2)c2cnc[nH]2)C1. The minimum absolute atomic E-state index is 0.0730. The number of ether oxygens (including phenoxy) is 1. The van der Waals surface area contributed by atoms with Gasteiger partial charge in [0.15, 0.2) is 0 Å². The number of likely N-dealkylation sites (tertiary alicyclic amines) is 1. The number of H-pyrrole nitrogens is 1. The summed E-state index contributed by atoms with van der Waals surface area (Å²) in [7, 11) is 0. The molecule has 7 heteroatoms. The Labute approximate surface area is 153 Å². The molecule has 1 aliphatic rings. The van der Waals surface area contributed by atoms with Crippen molar-refractivity contribution in [3.05, 3.63) is 48.4 Å². The van der Waals surface area contributed by atoms with Crippen molar-refractivity contribution in [3.63, 3.8) is 0 Å². The van der Waals surface area contributed by atoms with Gasteiger partial charge in [0.2, 0.25) is 5.91 Å². The predicted molar refractivity (Wildman–Crippen MR) is 97.3 cm³/mol. The van der Waals surface area contributed by atoms with Gasteiger partial charge >= 0.3 is 6.09 Å². The van der Waals surface area contributed by atoms with Crippen LogP contribution in [0.15, 0.2) is 42.9 Å². The number of hydrogen-bond acceptors (Lipinski definition) is 4. The fraction of sp³-hybridized carbons (Fsp3) is 0.421. The largest absolute Gasteiger partial charge is 0.444 e. The molecule has 2 amide bonds. The quantitative estimate of drug-likeness (QED) is 0.826. The monoisotopic (exact) mass is 356 g/mol. The molecular formula is C19H24N4O3. The van der Waals surface area contributed by atoms with Crippen LogP contribution in [0.25, 0.3) is 0 Å². The Bertz CT molecular complexity index is 718. The van der Waals surface area contributed by atoms with E-state index in [1.54, 1.807) is 11.1 Å². The maximum atomic E-state index is 12.6. The molecule has 138 valence electrons. The Morgan fingerprint density at radius 1 is 1.38 bits per heavy atom. The summed E-state index contributed by atoms with van der Waals surface area (Å²) in [6.07, 6.45) is 5.15. The lowest BCUT2D eigenvalue weighted by Gasteiger charge is -2.26. The van der Waals surface area contributed by atoms with Gasteiger partial charge in [0, 0.05) is 13.0 Å². The molecule has 1 unspecified atom stereocenters. The molecular weight excluding hydrogens is 332 g/mol. The van der Waals surface area contributed by atoms with E-state index in [1.807, 2.05) is 30.3 Å². The maximum Gasteiger partial charge on any atom is 0.417 e. The fourth-order valence-corrected chi connectivity index (χ4v) is 3.19. The molecule has 0 aliphatic carbocycles. The first-order valence-electron chi connectivity index (χ1n) is 8.91. The van der Waals surface area contributed by atoms with E-state index in [4.69, 9.17) is 4.74 Å². The van der Waals surface area contributed by atoms with Crippen molar-refractivity contribution in [2.24, 2.45) is 5.92 Å². The van der Waals surface area contributed by atoms with E-state index in [-0.39, 0.29) is 19.2 Å². The molecule has 1 N–H and O–H groups in total. The summed E-state index contributed by atoms with van der Waals surface area (Å²) in [6.45, 7) is 3.12. The van der Waals surface area contributed by atoms with Crippen molar-refractivity contribution in [2.45, 2.75) is 32.8 Å². The Kier molecular flexibility index (Phi) is 5.88. The minimum Gasteiger partial charge on any atom is -0.444 e. The molecule has 26 heavy (non-hydrogen) atoms. The van der Waals surface area contributed by atoms with Crippen molar-refractivity contribution in [1.82, 2.24) is 14.9 Å². The lowest BCUT2D eigenvalue weighted by molar-refractivity contribution is -0.127. The Hall–Kier alpha value is -2.83. The zero-order chi connectivity index (χ0) is 18.4. The van der Waals surface area contributed by atoms with Gasteiger partial charge in [0.1, 0.15) is 19.1 Å². The molecule has 1 aromatic heterocycles. The number of rotatable bonds is 7. The number of imidazole rings is 1. The highest BCUT2D eigenvalue weighted by atomic mass is 16.6. The molecule has 1 atom stereocenters. The Morgan fingerprint density at radius 3 is 2.88 bits per heavy atom. The second-order valence-corrected chi connectivity index (χ2v) is 6.52. The zero-order valence-electron chi connectivity index (χ0n) is 14.9. The third-order valence-electron chi connectivity index (χ3n) is 4.50.